The molecule has 0 N–H and O–H groups in total. The number of fused-ring (bicyclic) bond motifs is 1. The molecule has 3 unspecified atom stereocenters. The zero-order chi connectivity index (χ0) is 14.4. The second kappa shape index (κ2) is 4.89. The molecule has 0 spiro atoms. The minimum Gasteiger partial charge on any atom is -0.443 e. The molecule has 0 aromatic heterocycles. The number of rotatable bonds is 0. The molecule has 2 aliphatic rings. The molecule has 1 saturated heterocycles. The summed E-state index contributed by atoms with van der Waals surface area (Å²) in [5.41, 5.74) is -0.658. The SMILES string of the molecule is CC(C)(C)OC(=O)N1C(=O)C(Br)C(=O)C2CCCC21. The number of halogens is 1. The number of hydrogen-bond acceptors (Lipinski definition) is 4. The second-order valence-electron chi connectivity index (χ2n) is 6.06. The first-order valence-electron chi connectivity index (χ1n) is 6.46. The van der Waals surface area contributed by atoms with Gasteiger partial charge in [-0.05, 0) is 33.6 Å². The molecular weight excluding hydrogens is 314 g/mol. The summed E-state index contributed by atoms with van der Waals surface area (Å²) in [6, 6.07) is -0.330. The zero-order valence-corrected chi connectivity index (χ0v) is 12.9. The van der Waals surface area contributed by atoms with Crippen molar-refractivity contribution in [2.24, 2.45) is 5.92 Å². The monoisotopic (exact) mass is 331 g/mol. The minimum atomic E-state index is -0.917. The van der Waals surface area contributed by atoms with Gasteiger partial charge in [0.25, 0.3) is 5.91 Å². The molecule has 1 heterocycles. The number of likely N-dealkylation sites (tertiary alicyclic amines) is 1. The molecule has 1 aliphatic carbocycles. The highest BCUT2D eigenvalue weighted by atomic mass is 79.9. The third-order valence-electron chi connectivity index (χ3n) is 3.47. The molecule has 3 atom stereocenters. The number of carbonyl (C=O) groups is 3. The molecule has 5 nitrogen and oxygen atoms in total. The molecule has 2 rings (SSSR count). The second-order valence-corrected chi connectivity index (χ2v) is 6.97. The number of ether oxygens (including phenoxy) is 1. The van der Waals surface area contributed by atoms with Crippen molar-refractivity contribution in [3.05, 3.63) is 0 Å². The molecule has 0 bridgehead atoms. The summed E-state index contributed by atoms with van der Waals surface area (Å²) >= 11 is 3.10. The molecule has 6 heteroatoms. The molecule has 0 aromatic carbocycles. The van der Waals surface area contributed by atoms with E-state index in [0.29, 0.717) is 6.42 Å². The average molecular weight is 332 g/mol. The molecule has 1 aliphatic heterocycles. The number of amides is 2. The Balaban J connectivity index is 2.25. The van der Waals surface area contributed by atoms with Crippen LogP contribution in [0, 0.1) is 5.92 Å². The summed E-state index contributed by atoms with van der Waals surface area (Å²) in [4.78, 5) is 36.6. The molecular formula is C13H18BrNO4. The Kier molecular flexibility index (Phi) is 3.73. The fourth-order valence-electron chi connectivity index (χ4n) is 2.71. The van der Waals surface area contributed by atoms with E-state index in [0.717, 1.165) is 17.7 Å². The Morgan fingerprint density at radius 3 is 2.53 bits per heavy atom. The Morgan fingerprint density at radius 2 is 1.95 bits per heavy atom. The normalized spacial score (nSPS) is 31.4. The van der Waals surface area contributed by atoms with Gasteiger partial charge in [-0.3, -0.25) is 9.59 Å². The topological polar surface area (TPSA) is 63.7 Å². The van der Waals surface area contributed by atoms with Gasteiger partial charge in [0, 0.05) is 5.92 Å². The highest BCUT2D eigenvalue weighted by Crippen LogP contribution is 2.38. The van der Waals surface area contributed by atoms with Gasteiger partial charge in [0.2, 0.25) is 0 Å². The van der Waals surface area contributed by atoms with E-state index in [1.54, 1.807) is 20.8 Å². The molecule has 19 heavy (non-hydrogen) atoms. The summed E-state index contributed by atoms with van der Waals surface area (Å²) in [5.74, 6) is -0.843. The van der Waals surface area contributed by atoms with E-state index < -0.39 is 22.4 Å². The maximum atomic E-state index is 12.2. The highest BCUT2D eigenvalue weighted by molar-refractivity contribution is 9.10. The maximum absolute atomic E-state index is 12.2. The average Bonchev–Trinajstić information content (AvgIpc) is 2.72. The van der Waals surface area contributed by atoms with Crippen LogP contribution in [-0.2, 0) is 14.3 Å². The standard InChI is InChI=1S/C13H18BrNO4/c1-13(2,3)19-12(18)15-8-6-4-5-7(8)10(16)9(14)11(15)17/h7-9H,4-6H2,1-3H3. The quantitative estimate of drug-likeness (QED) is 0.504. The largest absolute Gasteiger partial charge is 0.443 e. The first-order chi connectivity index (χ1) is 8.72. The first-order valence-corrected chi connectivity index (χ1v) is 7.38. The number of imide groups is 1. The number of Topliss-reactive ketones (excluding diaryl/α,β-unsaturated/α-hetero) is 1. The highest BCUT2D eigenvalue weighted by Gasteiger charge is 2.52. The predicted molar refractivity (Wildman–Crippen MR) is 71.9 cm³/mol. The van der Waals surface area contributed by atoms with Crippen molar-refractivity contribution in [3.63, 3.8) is 0 Å². The van der Waals surface area contributed by atoms with Crippen molar-refractivity contribution in [2.75, 3.05) is 0 Å². The molecule has 2 fully saturated rings. The van der Waals surface area contributed by atoms with E-state index in [1.165, 1.54) is 0 Å². The third kappa shape index (κ3) is 2.68. The van der Waals surface area contributed by atoms with Crippen molar-refractivity contribution >= 4 is 33.7 Å². The van der Waals surface area contributed by atoms with Crippen molar-refractivity contribution in [1.82, 2.24) is 4.90 Å². The van der Waals surface area contributed by atoms with Crippen LogP contribution in [0.2, 0.25) is 0 Å². The van der Waals surface area contributed by atoms with Gasteiger partial charge < -0.3 is 4.74 Å². The van der Waals surface area contributed by atoms with Gasteiger partial charge in [-0.1, -0.05) is 22.4 Å². The van der Waals surface area contributed by atoms with Gasteiger partial charge in [-0.2, -0.15) is 0 Å². The van der Waals surface area contributed by atoms with Crippen molar-refractivity contribution in [2.45, 2.75) is 56.5 Å². The lowest BCUT2D eigenvalue weighted by molar-refractivity contribution is -0.143. The van der Waals surface area contributed by atoms with Gasteiger partial charge in [0.05, 0.1) is 6.04 Å². The van der Waals surface area contributed by atoms with Gasteiger partial charge in [0.1, 0.15) is 5.60 Å². The lowest BCUT2D eigenvalue weighted by Crippen LogP contribution is -2.59. The van der Waals surface area contributed by atoms with Gasteiger partial charge in [0.15, 0.2) is 10.6 Å². The van der Waals surface area contributed by atoms with Crippen LogP contribution in [0.5, 0.6) is 0 Å². The van der Waals surface area contributed by atoms with Gasteiger partial charge in [-0.25, -0.2) is 9.69 Å². The number of nitrogens with zero attached hydrogens (tertiary/aromatic N) is 1. The lowest BCUT2D eigenvalue weighted by atomic mass is 9.90. The summed E-state index contributed by atoms with van der Waals surface area (Å²) < 4.78 is 5.27. The van der Waals surface area contributed by atoms with E-state index in [2.05, 4.69) is 15.9 Å². The van der Waals surface area contributed by atoms with Crippen LogP contribution in [0.25, 0.3) is 0 Å². The fourth-order valence-corrected chi connectivity index (χ4v) is 3.27. The van der Waals surface area contributed by atoms with E-state index in [-0.39, 0.29) is 17.7 Å². The minimum absolute atomic E-state index is 0.104. The molecule has 106 valence electrons. The van der Waals surface area contributed by atoms with Crippen molar-refractivity contribution < 1.29 is 19.1 Å². The van der Waals surface area contributed by atoms with Crippen LogP contribution >= 0.6 is 15.9 Å². The van der Waals surface area contributed by atoms with E-state index in [1.807, 2.05) is 0 Å². The van der Waals surface area contributed by atoms with Crippen LogP contribution in [0.15, 0.2) is 0 Å². The van der Waals surface area contributed by atoms with Crippen LogP contribution in [0.3, 0.4) is 0 Å². The number of piperidine rings is 1. The van der Waals surface area contributed by atoms with Crippen LogP contribution < -0.4 is 0 Å². The summed E-state index contributed by atoms with van der Waals surface area (Å²) in [5, 5.41) is 0. The molecule has 0 radical (unpaired) electrons. The fraction of sp³-hybridized carbons (Fsp3) is 0.769. The number of ketones is 1. The predicted octanol–water partition coefficient (Wildman–Crippen LogP) is 2.27. The number of alkyl halides is 1. The van der Waals surface area contributed by atoms with Crippen LogP contribution in [0.1, 0.15) is 40.0 Å². The Morgan fingerprint density at radius 1 is 1.32 bits per heavy atom. The van der Waals surface area contributed by atoms with Gasteiger partial charge >= 0.3 is 6.09 Å². The molecule has 2 amide bonds. The molecule has 0 aromatic rings. The summed E-state index contributed by atoms with van der Waals surface area (Å²) in [6.45, 7) is 5.26. The van der Waals surface area contributed by atoms with Crippen LogP contribution in [-0.4, -0.2) is 39.2 Å². The van der Waals surface area contributed by atoms with Crippen molar-refractivity contribution in [1.29, 1.82) is 0 Å². The first kappa shape index (κ1) is 14.5. The molecule has 1 saturated carbocycles. The number of carbonyl (C=O) groups excluding carboxylic acids is 3. The summed E-state index contributed by atoms with van der Waals surface area (Å²) in [6.07, 6.45) is 1.62. The number of hydrogen-bond donors (Lipinski definition) is 0. The smallest absolute Gasteiger partial charge is 0.417 e. The zero-order valence-electron chi connectivity index (χ0n) is 11.3. The maximum Gasteiger partial charge on any atom is 0.417 e. The van der Waals surface area contributed by atoms with E-state index in [4.69, 9.17) is 4.74 Å². The van der Waals surface area contributed by atoms with E-state index in [9.17, 15) is 14.4 Å². The Bertz CT molecular complexity index is 429. The summed E-state index contributed by atoms with van der Waals surface area (Å²) in [7, 11) is 0. The van der Waals surface area contributed by atoms with Crippen molar-refractivity contribution in [3.8, 4) is 0 Å². The van der Waals surface area contributed by atoms with Gasteiger partial charge in [-0.15, -0.1) is 0 Å². The van der Waals surface area contributed by atoms with Crippen LogP contribution in [0.4, 0.5) is 4.79 Å². The third-order valence-corrected chi connectivity index (χ3v) is 4.31. The Labute approximate surface area is 120 Å². The van der Waals surface area contributed by atoms with E-state index >= 15 is 0 Å². The lowest BCUT2D eigenvalue weighted by Gasteiger charge is -2.37. The Hall–Kier alpha value is -0.910.